The molecule has 1 heterocycles. The Labute approximate surface area is 159 Å². The second kappa shape index (κ2) is 8.43. The fraction of sp³-hybridized carbons (Fsp3) is 0.444. The van der Waals surface area contributed by atoms with Crippen LogP contribution >= 0.6 is 0 Å². The Morgan fingerprint density at radius 3 is 2.33 bits per heavy atom. The number of anilines is 2. The van der Waals surface area contributed by atoms with Crippen LogP contribution in [0.3, 0.4) is 0 Å². The Bertz CT molecular complexity index is 865. The van der Waals surface area contributed by atoms with Crippen molar-refractivity contribution in [2.24, 2.45) is 0 Å². The molecule has 27 heavy (non-hydrogen) atoms. The molecule has 3 rings (SSSR count). The first-order valence-electron chi connectivity index (χ1n) is 8.86. The third-order valence-electron chi connectivity index (χ3n) is 4.54. The molecule has 0 saturated heterocycles. The average molecular weight is 392 g/mol. The van der Waals surface area contributed by atoms with Crippen LogP contribution < -0.4 is 19.5 Å². The van der Waals surface area contributed by atoms with Gasteiger partial charge in [0.25, 0.3) is 15.9 Å². The molecular formula is C18H24N4O4S. The van der Waals surface area contributed by atoms with Crippen molar-refractivity contribution in [3.63, 3.8) is 0 Å². The minimum absolute atomic E-state index is 0.0220. The quantitative estimate of drug-likeness (QED) is 0.746. The molecule has 0 amide bonds. The number of hydrogen-bond acceptors (Lipinski definition) is 7. The lowest BCUT2D eigenvalue weighted by Crippen LogP contribution is -2.22. The molecule has 2 N–H and O–H groups in total. The Balaban J connectivity index is 1.75. The Morgan fingerprint density at radius 1 is 1.00 bits per heavy atom. The van der Waals surface area contributed by atoms with Crippen LogP contribution in [0.4, 0.5) is 11.5 Å². The van der Waals surface area contributed by atoms with Crippen molar-refractivity contribution in [1.29, 1.82) is 0 Å². The first-order valence-corrected chi connectivity index (χ1v) is 10.3. The minimum atomic E-state index is -3.82. The van der Waals surface area contributed by atoms with E-state index < -0.39 is 10.0 Å². The number of nitrogens with zero attached hydrogens (tertiary/aromatic N) is 2. The summed E-state index contributed by atoms with van der Waals surface area (Å²) >= 11 is 0. The monoisotopic (exact) mass is 392 g/mol. The fourth-order valence-electron chi connectivity index (χ4n) is 3.16. The molecule has 0 bridgehead atoms. The van der Waals surface area contributed by atoms with Crippen molar-refractivity contribution >= 4 is 21.5 Å². The van der Waals surface area contributed by atoms with Crippen molar-refractivity contribution in [2.75, 3.05) is 24.3 Å². The molecule has 0 unspecified atom stereocenters. The number of benzene rings is 1. The predicted molar refractivity (Wildman–Crippen MR) is 103 cm³/mol. The second-order valence-corrected chi connectivity index (χ2v) is 8.06. The van der Waals surface area contributed by atoms with Crippen LogP contribution in [0.5, 0.6) is 11.6 Å². The highest BCUT2D eigenvalue weighted by Crippen LogP contribution is 2.32. The van der Waals surface area contributed by atoms with Gasteiger partial charge in [-0.15, -0.1) is 0 Å². The summed E-state index contributed by atoms with van der Waals surface area (Å²) < 4.78 is 38.0. The van der Waals surface area contributed by atoms with Crippen LogP contribution in [0.1, 0.15) is 32.1 Å². The lowest BCUT2D eigenvalue weighted by molar-refractivity contribution is 0.342. The van der Waals surface area contributed by atoms with Gasteiger partial charge < -0.3 is 14.8 Å². The van der Waals surface area contributed by atoms with E-state index in [1.807, 2.05) is 0 Å². The van der Waals surface area contributed by atoms with Crippen molar-refractivity contribution in [3.05, 3.63) is 30.6 Å². The SMILES string of the molecule is COc1ncnc(NS(=O)(=O)c2ccc(NC3CCCCC3)cc2)c1OC. The average Bonchev–Trinajstić information content (AvgIpc) is 2.68. The van der Waals surface area contributed by atoms with Crippen LogP contribution in [0, 0.1) is 0 Å². The number of aromatic nitrogens is 2. The summed E-state index contributed by atoms with van der Waals surface area (Å²) in [6.07, 6.45) is 7.26. The molecule has 1 aliphatic carbocycles. The van der Waals surface area contributed by atoms with Crippen molar-refractivity contribution in [1.82, 2.24) is 9.97 Å². The van der Waals surface area contributed by atoms with Crippen LogP contribution in [-0.2, 0) is 10.0 Å². The summed E-state index contributed by atoms with van der Waals surface area (Å²) in [6.45, 7) is 0. The summed E-state index contributed by atoms with van der Waals surface area (Å²) in [4.78, 5) is 7.98. The predicted octanol–water partition coefficient (Wildman–Crippen LogP) is 3.04. The lowest BCUT2D eigenvalue weighted by Gasteiger charge is -2.23. The molecule has 2 aromatic rings. The van der Waals surface area contributed by atoms with E-state index in [0.29, 0.717) is 6.04 Å². The molecule has 0 atom stereocenters. The molecular weight excluding hydrogens is 368 g/mol. The molecule has 0 aliphatic heterocycles. The van der Waals surface area contributed by atoms with Gasteiger partial charge in [-0.25, -0.2) is 13.4 Å². The van der Waals surface area contributed by atoms with Crippen molar-refractivity contribution < 1.29 is 17.9 Å². The van der Waals surface area contributed by atoms with Gasteiger partial charge in [-0.2, -0.15) is 4.98 Å². The van der Waals surface area contributed by atoms with E-state index in [-0.39, 0.29) is 22.3 Å². The highest BCUT2D eigenvalue weighted by molar-refractivity contribution is 7.92. The van der Waals surface area contributed by atoms with Gasteiger partial charge in [0.2, 0.25) is 5.75 Å². The van der Waals surface area contributed by atoms with Crippen LogP contribution in [-0.4, -0.2) is 38.6 Å². The molecule has 9 heteroatoms. The highest BCUT2D eigenvalue weighted by atomic mass is 32.2. The molecule has 8 nitrogen and oxygen atoms in total. The van der Waals surface area contributed by atoms with Gasteiger partial charge in [0.15, 0.2) is 5.82 Å². The molecule has 0 radical (unpaired) electrons. The van der Waals surface area contributed by atoms with E-state index in [0.717, 1.165) is 18.5 Å². The number of ether oxygens (including phenoxy) is 2. The van der Waals surface area contributed by atoms with E-state index in [1.165, 1.54) is 39.8 Å². The van der Waals surface area contributed by atoms with Crippen molar-refractivity contribution in [2.45, 2.75) is 43.0 Å². The molecule has 1 aliphatic rings. The third-order valence-corrected chi connectivity index (χ3v) is 5.90. The second-order valence-electron chi connectivity index (χ2n) is 6.37. The standard InChI is InChI=1S/C18H24N4O4S/c1-25-16-17(19-12-20-18(16)26-2)22-27(23,24)15-10-8-14(9-11-15)21-13-6-4-3-5-7-13/h8-13,21H,3-7H2,1-2H3,(H,19,20,22). The fourth-order valence-corrected chi connectivity index (χ4v) is 4.17. The van der Waals surface area contributed by atoms with Gasteiger partial charge in [0.1, 0.15) is 6.33 Å². The maximum absolute atomic E-state index is 12.7. The van der Waals surface area contributed by atoms with Crippen molar-refractivity contribution in [3.8, 4) is 11.6 Å². The van der Waals surface area contributed by atoms with E-state index in [9.17, 15) is 8.42 Å². The number of nitrogens with one attached hydrogen (secondary N) is 2. The maximum Gasteiger partial charge on any atom is 0.263 e. The summed E-state index contributed by atoms with van der Waals surface area (Å²) in [5.41, 5.74) is 0.919. The zero-order chi connectivity index (χ0) is 19.3. The summed E-state index contributed by atoms with van der Waals surface area (Å²) in [5, 5.41) is 3.47. The van der Waals surface area contributed by atoms with E-state index in [1.54, 1.807) is 24.3 Å². The summed E-state index contributed by atoms with van der Waals surface area (Å²) in [6, 6.07) is 7.15. The summed E-state index contributed by atoms with van der Waals surface area (Å²) in [5.74, 6) is 0.296. The van der Waals surface area contributed by atoms with E-state index in [4.69, 9.17) is 9.47 Å². The van der Waals surface area contributed by atoms with E-state index >= 15 is 0 Å². The molecule has 1 aromatic heterocycles. The van der Waals surface area contributed by atoms with Gasteiger partial charge in [-0.05, 0) is 37.1 Å². The van der Waals surface area contributed by atoms with Gasteiger partial charge in [0.05, 0.1) is 19.1 Å². The normalized spacial score (nSPS) is 15.2. The van der Waals surface area contributed by atoms with Gasteiger partial charge >= 0.3 is 0 Å². The third kappa shape index (κ3) is 4.60. The van der Waals surface area contributed by atoms with Gasteiger partial charge in [-0.3, -0.25) is 4.72 Å². The Morgan fingerprint density at radius 2 is 1.70 bits per heavy atom. The number of hydrogen-bond donors (Lipinski definition) is 2. The lowest BCUT2D eigenvalue weighted by atomic mass is 9.95. The molecule has 1 aromatic carbocycles. The van der Waals surface area contributed by atoms with Crippen LogP contribution in [0.25, 0.3) is 0 Å². The van der Waals surface area contributed by atoms with Crippen LogP contribution in [0.15, 0.2) is 35.5 Å². The number of sulfonamides is 1. The maximum atomic E-state index is 12.7. The van der Waals surface area contributed by atoms with Gasteiger partial charge in [0, 0.05) is 11.7 Å². The zero-order valence-corrected chi connectivity index (χ0v) is 16.3. The topological polar surface area (TPSA) is 102 Å². The smallest absolute Gasteiger partial charge is 0.263 e. The molecule has 0 spiro atoms. The Kier molecular flexibility index (Phi) is 6.00. The number of methoxy groups -OCH3 is 2. The van der Waals surface area contributed by atoms with Gasteiger partial charge in [-0.1, -0.05) is 19.3 Å². The highest BCUT2D eigenvalue weighted by Gasteiger charge is 2.21. The largest absolute Gasteiger partial charge is 0.489 e. The Hall–Kier alpha value is -2.55. The van der Waals surface area contributed by atoms with Crippen LogP contribution in [0.2, 0.25) is 0 Å². The first kappa shape index (κ1) is 19.2. The van der Waals surface area contributed by atoms with E-state index in [2.05, 4.69) is 20.0 Å². The molecule has 1 fully saturated rings. The first-order chi connectivity index (χ1) is 13.0. The minimum Gasteiger partial charge on any atom is -0.489 e. The zero-order valence-electron chi connectivity index (χ0n) is 15.4. The number of rotatable bonds is 7. The molecule has 146 valence electrons. The summed E-state index contributed by atoms with van der Waals surface area (Å²) in [7, 11) is -1.01. The molecule has 1 saturated carbocycles.